The van der Waals surface area contributed by atoms with Crippen LogP contribution in [0.3, 0.4) is 0 Å². The van der Waals surface area contributed by atoms with E-state index >= 15 is 0 Å². The number of hydrogen-bond acceptors (Lipinski definition) is 5. The molecule has 2 saturated heterocycles. The molecule has 31 heavy (non-hydrogen) atoms. The summed E-state index contributed by atoms with van der Waals surface area (Å²) in [7, 11) is 0. The fourth-order valence-electron chi connectivity index (χ4n) is 3.78. The van der Waals surface area contributed by atoms with Gasteiger partial charge in [-0.1, -0.05) is 0 Å². The van der Waals surface area contributed by atoms with Crippen molar-refractivity contribution in [3.63, 3.8) is 0 Å². The van der Waals surface area contributed by atoms with Crippen LogP contribution < -0.4 is 10.5 Å². The van der Waals surface area contributed by atoms with Gasteiger partial charge in [0, 0.05) is 43.9 Å². The molecule has 162 valence electrons. The van der Waals surface area contributed by atoms with Gasteiger partial charge in [0.15, 0.2) is 0 Å². The first-order chi connectivity index (χ1) is 15.0. The third-order valence-corrected chi connectivity index (χ3v) is 5.56. The van der Waals surface area contributed by atoms with Gasteiger partial charge in [-0.05, 0) is 61.4 Å². The lowest BCUT2D eigenvalue weighted by molar-refractivity contribution is -0.142. The molecule has 0 aliphatic carbocycles. The molecule has 1 atom stereocenters. The molecule has 0 radical (unpaired) electrons. The molecule has 2 N–H and O–H groups in total. The van der Waals surface area contributed by atoms with Crippen LogP contribution >= 0.6 is 0 Å². The minimum atomic E-state index is -0.494. The number of carbonyl (C=O) groups is 3. The van der Waals surface area contributed by atoms with Gasteiger partial charge in [0.1, 0.15) is 17.6 Å². The number of amides is 3. The largest absolute Gasteiger partial charge is 0.457 e. The summed E-state index contributed by atoms with van der Waals surface area (Å²) in [6.07, 6.45) is 1.39. The molecule has 2 aliphatic heterocycles. The van der Waals surface area contributed by atoms with Gasteiger partial charge in [-0.2, -0.15) is 0 Å². The zero-order valence-electron chi connectivity index (χ0n) is 17.2. The van der Waals surface area contributed by atoms with Gasteiger partial charge in [-0.25, -0.2) is 0 Å². The van der Waals surface area contributed by atoms with Crippen LogP contribution in [0.15, 0.2) is 48.5 Å². The van der Waals surface area contributed by atoms with Gasteiger partial charge in [0.05, 0.1) is 0 Å². The van der Waals surface area contributed by atoms with Crippen LogP contribution in [-0.4, -0.2) is 66.4 Å². The highest BCUT2D eigenvalue weighted by molar-refractivity contribution is 5.94. The van der Waals surface area contributed by atoms with Gasteiger partial charge in [-0.3, -0.25) is 14.4 Å². The molecule has 4 rings (SSSR count). The first kappa shape index (κ1) is 20.9. The minimum Gasteiger partial charge on any atom is -0.457 e. The van der Waals surface area contributed by atoms with E-state index in [0.717, 1.165) is 12.8 Å². The molecule has 2 heterocycles. The predicted molar refractivity (Wildman–Crippen MR) is 113 cm³/mol. The maximum Gasteiger partial charge on any atom is 0.253 e. The van der Waals surface area contributed by atoms with Gasteiger partial charge < -0.3 is 25.0 Å². The van der Waals surface area contributed by atoms with Crippen molar-refractivity contribution in [2.24, 2.45) is 5.73 Å². The average molecular weight is 423 g/mol. The molecule has 0 saturated carbocycles. The summed E-state index contributed by atoms with van der Waals surface area (Å²) < 4.78 is 11.2. The van der Waals surface area contributed by atoms with Crippen molar-refractivity contribution in [1.29, 1.82) is 0 Å². The summed E-state index contributed by atoms with van der Waals surface area (Å²) in [6.45, 7) is 2.69. The van der Waals surface area contributed by atoms with Gasteiger partial charge in [-0.15, -0.1) is 0 Å². The Morgan fingerprint density at radius 1 is 0.839 bits per heavy atom. The highest BCUT2D eigenvalue weighted by Gasteiger charge is 2.31. The van der Waals surface area contributed by atoms with Crippen molar-refractivity contribution in [3.05, 3.63) is 59.7 Å². The highest BCUT2D eigenvalue weighted by atomic mass is 16.5. The fourth-order valence-corrected chi connectivity index (χ4v) is 3.78. The van der Waals surface area contributed by atoms with E-state index in [1.165, 1.54) is 0 Å². The molecule has 8 heteroatoms. The number of primary amides is 1. The van der Waals surface area contributed by atoms with E-state index in [-0.39, 0.29) is 17.9 Å². The molecule has 2 aromatic carbocycles. The Morgan fingerprint density at radius 3 is 1.90 bits per heavy atom. The molecule has 2 fully saturated rings. The Bertz CT molecular complexity index is 944. The van der Waals surface area contributed by atoms with Crippen molar-refractivity contribution < 1.29 is 23.9 Å². The van der Waals surface area contributed by atoms with Crippen molar-refractivity contribution in [2.75, 3.05) is 32.8 Å². The fraction of sp³-hybridized carbons (Fsp3) is 0.348. The molecular weight excluding hydrogens is 398 g/mol. The second kappa shape index (κ2) is 9.18. The molecule has 0 aromatic heterocycles. The molecule has 8 nitrogen and oxygen atoms in total. The Morgan fingerprint density at radius 2 is 1.39 bits per heavy atom. The lowest BCUT2D eigenvalue weighted by atomic mass is 10.1. The average Bonchev–Trinajstić information content (AvgIpc) is 3.34. The third kappa shape index (κ3) is 4.86. The third-order valence-electron chi connectivity index (χ3n) is 5.56. The van der Waals surface area contributed by atoms with Gasteiger partial charge >= 0.3 is 0 Å². The number of piperazine rings is 1. The van der Waals surface area contributed by atoms with Crippen molar-refractivity contribution >= 4 is 17.7 Å². The molecule has 1 unspecified atom stereocenters. The summed E-state index contributed by atoms with van der Waals surface area (Å²) in [5.74, 6) is 0.620. The lowest BCUT2D eigenvalue weighted by Crippen LogP contribution is -2.52. The Balaban J connectivity index is 1.31. The van der Waals surface area contributed by atoms with E-state index in [2.05, 4.69) is 0 Å². The number of nitrogens with zero attached hydrogens (tertiary/aromatic N) is 2. The highest BCUT2D eigenvalue weighted by Crippen LogP contribution is 2.23. The quantitative estimate of drug-likeness (QED) is 0.793. The zero-order valence-corrected chi connectivity index (χ0v) is 17.2. The van der Waals surface area contributed by atoms with E-state index in [1.54, 1.807) is 58.3 Å². The summed E-state index contributed by atoms with van der Waals surface area (Å²) in [4.78, 5) is 40.0. The maximum absolute atomic E-state index is 12.8. The summed E-state index contributed by atoms with van der Waals surface area (Å²) in [5.41, 5.74) is 6.21. The summed E-state index contributed by atoms with van der Waals surface area (Å²) >= 11 is 0. The van der Waals surface area contributed by atoms with Crippen LogP contribution in [0.2, 0.25) is 0 Å². The van der Waals surface area contributed by atoms with Crippen LogP contribution in [0.25, 0.3) is 0 Å². The van der Waals surface area contributed by atoms with Crippen molar-refractivity contribution in [2.45, 2.75) is 18.9 Å². The Kier molecular flexibility index (Phi) is 6.18. The van der Waals surface area contributed by atoms with E-state index in [0.29, 0.717) is 55.4 Å². The summed E-state index contributed by atoms with van der Waals surface area (Å²) in [5, 5.41) is 0. The van der Waals surface area contributed by atoms with Crippen LogP contribution in [0.1, 0.15) is 33.6 Å². The van der Waals surface area contributed by atoms with Gasteiger partial charge in [0.25, 0.3) is 11.8 Å². The first-order valence-corrected chi connectivity index (χ1v) is 10.4. The first-order valence-electron chi connectivity index (χ1n) is 10.4. The topological polar surface area (TPSA) is 102 Å². The van der Waals surface area contributed by atoms with E-state index in [1.807, 2.05) is 0 Å². The Hall–Kier alpha value is -3.39. The van der Waals surface area contributed by atoms with Crippen molar-refractivity contribution in [1.82, 2.24) is 9.80 Å². The molecule has 2 aromatic rings. The van der Waals surface area contributed by atoms with Crippen LogP contribution in [-0.2, 0) is 9.53 Å². The number of ether oxygens (including phenoxy) is 2. The standard InChI is InChI=1S/C23H25N3O5/c24-21(27)16-3-7-18(8-4-16)31-19-9-5-17(6-10-19)22(28)25-11-13-26(14-12-25)23(29)20-2-1-15-30-20/h3-10,20H,1-2,11-15H2,(H2,24,27). The second-order valence-electron chi connectivity index (χ2n) is 7.63. The van der Waals surface area contributed by atoms with Crippen molar-refractivity contribution in [3.8, 4) is 11.5 Å². The zero-order chi connectivity index (χ0) is 21.8. The van der Waals surface area contributed by atoms with Crippen LogP contribution in [0, 0.1) is 0 Å². The van der Waals surface area contributed by atoms with Gasteiger partial charge in [0.2, 0.25) is 5.91 Å². The van der Waals surface area contributed by atoms with Crippen LogP contribution in [0.5, 0.6) is 11.5 Å². The number of rotatable bonds is 5. The number of carbonyl (C=O) groups excluding carboxylic acids is 3. The molecular formula is C23H25N3O5. The second-order valence-corrected chi connectivity index (χ2v) is 7.63. The Labute approximate surface area is 180 Å². The molecule has 0 bridgehead atoms. The smallest absolute Gasteiger partial charge is 0.253 e. The van der Waals surface area contributed by atoms with Crippen LogP contribution in [0.4, 0.5) is 0 Å². The summed E-state index contributed by atoms with van der Waals surface area (Å²) in [6, 6.07) is 13.4. The SMILES string of the molecule is NC(=O)c1ccc(Oc2ccc(C(=O)N3CCN(C(=O)C4CCCO4)CC3)cc2)cc1. The minimum absolute atomic E-state index is 0.0370. The molecule has 2 aliphatic rings. The maximum atomic E-state index is 12.8. The number of benzene rings is 2. The van der Waals surface area contributed by atoms with E-state index in [9.17, 15) is 14.4 Å². The van der Waals surface area contributed by atoms with E-state index < -0.39 is 5.91 Å². The predicted octanol–water partition coefficient (Wildman–Crippen LogP) is 2.04. The molecule has 0 spiro atoms. The lowest BCUT2D eigenvalue weighted by Gasteiger charge is -2.35. The van der Waals surface area contributed by atoms with E-state index in [4.69, 9.17) is 15.2 Å². The normalized spacial score (nSPS) is 18.6. The molecule has 3 amide bonds. The monoisotopic (exact) mass is 423 g/mol. The number of nitrogens with two attached hydrogens (primary N) is 1. The number of hydrogen-bond donors (Lipinski definition) is 1.